The molecule has 0 atom stereocenters. The Hall–Kier alpha value is -1.51. The van der Waals surface area contributed by atoms with Gasteiger partial charge in [-0.2, -0.15) is 0 Å². The molecule has 1 aliphatic rings. The first-order chi connectivity index (χ1) is 7.18. The summed E-state index contributed by atoms with van der Waals surface area (Å²) in [6.45, 7) is 2.36. The molecular formula is C12H15NO2. The molecule has 0 radical (unpaired) electrons. The molecule has 0 unspecified atom stereocenters. The number of hydrogen-bond acceptors (Lipinski definition) is 2. The molecule has 0 aromatic heterocycles. The van der Waals surface area contributed by atoms with E-state index in [1.807, 2.05) is 37.3 Å². The Kier molecular flexibility index (Phi) is 2.62. The lowest BCUT2D eigenvalue weighted by atomic mass is 10.2. The zero-order valence-corrected chi connectivity index (χ0v) is 8.82. The third kappa shape index (κ3) is 2.98. The topological polar surface area (TPSA) is 38.3 Å². The summed E-state index contributed by atoms with van der Waals surface area (Å²) >= 11 is 0. The van der Waals surface area contributed by atoms with Gasteiger partial charge in [0, 0.05) is 5.54 Å². The molecule has 1 amide bonds. The first kappa shape index (κ1) is 10.0. The lowest BCUT2D eigenvalue weighted by molar-refractivity contribution is 0.135. The molecule has 0 bridgehead atoms. The number of hydrogen-bond donors (Lipinski definition) is 1. The summed E-state index contributed by atoms with van der Waals surface area (Å²) in [5.74, 6) is 0. The van der Waals surface area contributed by atoms with Crippen LogP contribution in [0.5, 0.6) is 0 Å². The van der Waals surface area contributed by atoms with Gasteiger partial charge < -0.3 is 10.1 Å². The Morgan fingerprint density at radius 2 is 2.07 bits per heavy atom. The third-order valence-corrected chi connectivity index (χ3v) is 2.62. The number of rotatable bonds is 3. The van der Waals surface area contributed by atoms with E-state index < -0.39 is 0 Å². The van der Waals surface area contributed by atoms with E-state index in [1.165, 1.54) is 0 Å². The Labute approximate surface area is 89.4 Å². The molecule has 3 heteroatoms. The highest BCUT2D eigenvalue weighted by Gasteiger charge is 2.39. The van der Waals surface area contributed by atoms with E-state index in [4.69, 9.17) is 4.74 Å². The SMILES string of the molecule is CC1(NC(=O)OCc2ccccc2)CC1. The van der Waals surface area contributed by atoms with Crippen molar-refractivity contribution in [1.82, 2.24) is 5.32 Å². The van der Waals surface area contributed by atoms with E-state index in [-0.39, 0.29) is 11.6 Å². The predicted octanol–water partition coefficient (Wildman–Crippen LogP) is 2.47. The molecule has 0 aliphatic heterocycles. The van der Waals surface area contributed by atoms with Crippen LogP contribution in [0.25, 0.3) is 0 Å². The van der Waals surface area contributed by atoms with Gasteiger partial charge in [0.25, 0.3) is 0 Å². The highest BCUT2D eigenvalue weighted by Crippen LogP contribution is 2.34. The van der Waals surface area contributed by atoms with E-state index >= 15 is 0 Å². The lowest BCUT2D eigenvalue weighted by Crippen LogP contribution is -2.34. The Bertz CT molecular complexity index is 344. The maximum Gasteiger partial charge on any atom is 0.407 e. The molecule has 1 saturated carbocycles. The summed E-state index contributed by atoms with van der Waals surface area (Å²) in [5.41, 5.74) is 1.00. The number of carbonyl (C=O) groups excluding carboxylic acids is 1. The minimum Gasteiger partial charge on any atom is -0.445 e. The highest BCUT2D eigenvalue weighted by atomic mass is 16.5. The van der Waals surface area contributed by atoms with Crippen LogP contribution in [0.4, 0.5) is 4.79 Å². The van der Waals surface area contributed by atoms with Gasteiger partial charge >= 0.3 is 6.09 Å². The Morgan fingerprint density at radius 3 is 2.67 bits per heavy atom. The first-order valence-corrected chi connectivity index (χ1v) is 5.17. The molecule has 1 aromatic rings. The van der Waals surface area contributed by atoms with Gasteiger partial charge in [0.2, 0.25) is 0 Å². The van der Waals surface area contributed by atoms with Crippen molar-refractivity contribution >= 4 is 6.09 Å². The molecule has 2 rings (SSSR count). The van der Waals surface area contributed by atoms with Crippen LogP contribution in [0.1, 0.15) is 25.3 Å². The smallest absolute Gasteiger partial charge is 0.407 e. The van der Waals surface area contributed by atoms with Crippen molar-refractivity contribution in [3.05, 3.63) is 35.9 Å². The number of nitrogens with one attached hydrogen (secondary N) is 1. The van der Waals surface area contributed by atoms with Gasteiger partial charge in [0.1, 0.15) is 6.61 Å². The van der Waals surface area contributed by atoms with E-state index in [9.17, 15) is 4.79 Å². The monoisotopic (exact) mass is 205 g/mol. The number of amides is 1. The maximum absolute atomic E-state index is 11.3. The van der Waals surface area contributed by atoms with E-state index in [2.05, 4.69) is 5.32 Å². The Morgan fingerprint density at radius 1 is 1.40 bits per heavy atom. The van der Waals surface area contributed by atoms with Gasteiger partial charge in [-0.15, -0.1) is 0 Å². The summed E-state index contributed by atoms with van der Waals surface area (Å²) in [6.07, 6.45) is 1.78. The standard InChI is InChI=1S/C12H15NO2/c1-12(7-8-12)13-11(14)15-9-10-5-3-2-4-6-10/h2-6H,7-9H2,1H3,(H,13,14). The van der Waals surface area contributed by atoms with Crippen LogP contribution in [0.2, 0.25) is 0 Å². The van der Waals surface area contributed by atoms with Crippen LogP contribution < -0.4 is 5.32 Å². The van der Waals surface area contributed by atoms with Gasteiger partial charge in [0.05, 0.1) is 0 Å². The second kappa shape index (κ2) is 3.93. The Balaban J connectivity index is 1.76. The predicted molar refractivity (Wildman–Crippen MR) is 57.4 cm³/mol. The van der Waals surface area contributed by atoms with E-state index in [1.54, 1.807) is 0 Å². The zero-order valence-electron chi connectivity index (χ0n) is 8.82. The molecule has 0 spiro atoms. The van der Waals surface area contributed by atoms with Gasteiger partial charge in [-0.1, -0.05) is 30.3 Å². The molecule has 0 saturated heterocycles. The van der Waals surface area contributed by atoms with Crippen LogP contribution in [0.3, 0.4) is 0 Å². The van der Waals surface area contributed by atoms with Crippen molar-refractivity contribution in [3.8, 4) is 0 Å². The van der Waals surface area contributed by atoms with Crippen LogP contribution in [-0.4, -0.2) is 11.6 Å². The van der Waals surface area contributed by atoms with Crippen molar-refractivity contribution in [2.24, 2.45) is 0 Å². The number of carbonyl (C=O) groups is 1. The van der Waals surface area contributed by atoms with Crippen molar-refractivity contribution in [2.75, 3.05) is 0 Å². The fourth-order valence-corrected chi connectivity index (χ4v) is 1.32. The summed E-state index contributed by atoms with van der Waals surface area (Å²) in [5, 5.41) is 2.84. The molecule has 15 heavy (non-hydrogen) atoms. The number of alkyl carbamates (subject to hydrolysis) is 1. The minimum atomic E-state index is -0.321. The molecule has 1 aliphatic carbocycles. The average molecular weight is 205 g/mol. The van der Waals surface area contributed by atoms with Gasteiger partial charge in [0.15, 0.2) is 0 Å². The third-order valence-electron chi connectivity index (χ3n) is 2.62. The van der Waals surface area contributed by atoms with E-state index in [0.717, 1.165) is 18.4 Å². The van der Waals surface area contributed by atoms with Crippen molar-refractivity contribution in [3.63, 3.8) is 0 Å². The van der Waals surface area contributed by atoms with Crippen LogP contribution in [0, 0.1) is 0 Å². The van der Waals surface area contributed by atoms with Gasteiger partial charge in [-0.05, 0) is 25.3 Å². The minimum absolute atomic E-state index is 0.00618. The second-order valence-electron chi connectivity index (χ2n) is 4.25. The molecule has 1 N–H and O–H groups in total. The number of ether oxygens (including phenoxy) is 1. The molecule has 80 valence electrons. The fourth-order valence-electron chi connectivity index (χ4n) is 1.32. The van der Waals surface area contributed by atoms with E-state index in [0.29, 0.717) is 6.61 Å². The van der Waals surface area contributed by atoms with Crippen LogP contribution in [-0.2, 0) is 11.3 Å². The molecule has 3 nitrogen and oxygen atoms in total. The second-order valence-corrected chi connectivity index (χ2v) is 4.25. The molecule has 1 fully saturated rings. The summed E-state index contributed by atoms with van der Waals surface area (Å²) in [6, 6.07) is 9.67. The zero-order chi connectivity index (χ0) is 10.7. The summed E-state index contributed by atoms with van der Waals surface area (Å²) in [7, 11) is 0. The lowest BCUT2D eigenvalue weighted by Gasteiger charge is -2.11. The van der Waals surface area contributed by atoms with Crippen molar-refractivity contribution in [1.29, 1.82) is 0 Å². The van der Waals surface area contributed by atoms with Gasteiger partial charge in [-0.3, -0.25) is 0 Å². The fraction of sp³-hybridized carbons (Fsp3) is 0.417. The molecule has 0 heterocycles. The maximum atomic E-state index is 11.3. The summed E-state index contributed by atoms with van der Waals surface area (Å²) < 4.78 is 5.09. The van der Waals surface area contributed by atoms with Crippen molar-refractivity contribution < 1.29 is 9.53 Å². The molecular weight excluding hydrogens is 190 g/mol. The normalized spacial score (nSPS) is 16.9. The number of benzene rings is 1. The summed E-state index contributed by atoms with van der Waals surface area (Å²) in [4.78, 5) is 11.3. The first-order valence-electron chi connectivity index (χ1n) is 5.17. The average Bonchev–Trinajstić information content (AvgIpc) is 2.95. The van der Waals surface area contributed by atoms with Crippen LogP contribution >= 0.6 is 0 Å². The van der Waals surface area contributed by atoms with Crippen molar-refractivity contribution in [2.45, 2.75) is 31.9 Å². The highest BCUT2D eigenvalue weighted by molar-refractivity contribution is 5.68. The van der Waals surface area contributed by atoms with Crippen LogP contribution in [0.15, 0.2) is 30.3 Å². The quantitative estimate of drug-likeness (QED) is 0.823. The van der Waals surface area contributed by atoms with Gasteiger partial charge in [-0.25, -0.2) is 4.79 Å². The molecule has 1 aromatic carbocycles. The largest absolute Gasteiger partial charge is 0.445 e.